The second kappa shape index (κ2) is 6.71. The Hall–Kier alpha value is -2.62. The normalized spacial score (nSPS) is 16.7. The molecule has 0 bridgehead atoms. The molecule has 0 radical (unpaired) electrons. The summed E-state index contributed by atoms with van der Waals surface area (Å²) >= 11 is 0. The van der Waals surface area contributed by atoms with Gasteiger partial charge in [0.1, 0.15) is 0 Å². The van der Waals surface area contributed by atoms with Gasteiger partial charge in [-0.25, -0.2) is 0 Å². The summed E-state index contributed by atoms with van der Waals surface area (Å²) in [4.78, 5) is 26.7. The van der Waals surface area contributed by atoms with Crippen LogP contribution in [0.3, 0.4) is 0 Å². The second-order valence-corrected chi connectivity index (χ2v) is 6.94. The van der Waals surface area contributed by atoms with Crippen molar-refractivity contribution < 1.29 is 9.59 Å². The van der Waals surface area contributed by atoms with Gasteiger partial charge in [0.05, 0.1) is 0 Å². The number of fused-ring (bicyclic) bond motifs is 1. The lowest BCUT2D eigenvalue weighted by molar-refractivity contribution is -0.122. The maximum atomic E-state index is 12.7. The molecule has 1 fully saturated rings. The fourth-order valence-electron chi connectivity index (χ4n) is 3.49. The number of anilines is 1. The van der Waals surface area contributed by atoms with Gasteiger partial charge in [0.25, 0.3) is 5.91 Å². The maximum absolute atomic E-state index is 12.7. The summed E-state index contributed by atoms with van der Waals surface area (Å²) in [7, 11) is 0. The molecule has 2 aromatic carbocycles. The van der Waals surface area contributed by atoms with Crippen molar-refractivity contribution in [3.8, 4) is 0 Å². The Bertz CT molecular complexity index is 797. The van der Waals surface area contributed by atoms with Crippen molar-refractivity contribution in [3.63, 3.8) is 0 Å². The average molecular weight is 334 g/mol. The topological polar surface area (TPSA) is 49.4 Å². The van der Waals surface area contributed by atoms with Crippen LogP contribution in [0.1, 0.15) is 40.7 Å². The standard InChI is InChI=1S/C21H22N2O2/c24-20(16-7-4-8-16)22-19-10-9-15-11-12-23(14-18(15)13-19)21(25)17-5-2-1-3-6-17/h1-3,5-6,9-10,13,16H,4,7-8,11-12,14H2,(H,22,24). The van der Waals surface area contributed by atoms with Crippen LogP contribution in [0, 0.1) is 5.92 Å². The van der Waals surface area contributed by atoms with E-state index < -0.39 is 0 Å². The van der Waals surface area contributed by atoms with Gasteiger partial charge in [-0.05, 0) is 54.7 Å². The van der Waals surface area contributed by atoms with E-state index in [4.69, 9.17) is 0 Å². The van der Waals surface area contributed by atoms with Gasteiger partial charge < -0.3 is 10.2 Å². The minimum absolute atomic E-state index is 0.0650. The number of benzene rings is 2. The minimum Gasteiger partial charge on any atom is -0.334 e. The molecule has 4 nitrogen and oxygen atoms in total. The molecule has 0 saturated heterocycles. The molecule has 2 aromatic rings. The van der Waals surface area contributed by atoms with Gasteiger partial charge in [-0.2, -0.15) is 0 Å². The van der Waals surface area contributed by atoms with Crippen molar-refractivity contribution in [1.29, 1.82) is 0 Å². The Balaban J connectivity index is 1.48. The van der Waals surface area contributed by atoms with Crippen LogP contribution in [0.5, 0.6) is 0 Å². The van der Waals surface area contributed by atoms with Crippen LogP contribution >= 0.6 is 0 Å². The third kappa shape index (κ3) is 3.29. The van der Waals surface area contributed by atoms with E-state index in [1.807, 2.05) is 47.4 Å². The third-order valence-corrected chi connectivity index (χ3v) is 5.27. The molecule has 1 N–H and O–H groups in total. The molecule has 1 aliphatic heterocycles. The molecule has 0 unspecified atom stereocenters. The van der Waals surface area contributed by atoms with E-state index in [-0.39, 0.29) is 17.7 Å². The number of carbonyl (C=O) groups is 2. The van der Waals surface area contributed by atoms with Crippen molar-refractivity contribution in [2.75, 3.05) is 11.9 Å². The number of amides is 2. The first-order valence-electron chi connectivity index (χ1n) is 8.98. The van der Waals surface area contributed by atoms with Crippen molar-refractivity contribution in [2.24, 2.45) is 5.92 Å². The zero-order valence-corrected chi connectivity index (χ0v) is 14.2. The molecule has 4 heteroatoms. The van der Waals surface area contributed by atoms with Crippen LogP contribution in [-0.4, -0.2) is 23.3 Å². The summed E-state index contributed by atoms with van der Waals surface area (Å²) in [5, 5.41) is 3.03. The van der Waals surface area contributed by atoms with Gasteiger partial charge >= 0.3 is 0 Å². The highest BCUT2D eigenvalue weighted by Crippen LogP contribution is 2.29. The van der Waals surface area contributed by atoms with Gasteiger partial charge in [-0.15, -0.1) is 0 Å². The molecular weight excluding hydrogens is 312 g/mol. The van der Waals surface area contributed by atoms with Crippen LogP contribution < -0.4 is 5.32 Å². The molecule has 1 heterocycles. The summed E-state index contributed by atoms with van der Waals surface area (Å²) in [5.74, 6) is 0.363. The SMILES string of the molecule is O=C(Nc1ccc2c(c1)CN(C(=O)c1ccccc1)CC2)C1CCC1. The Morgan fingerprint density at radius 2 is 1.80 bits per heavy atom. The molecule has 1 saturated carbocycles. The molecule has 25 heavy (non-hydrogen) atoms. The predicted octanol–water partition coefficient (Wildman–Crippen LogP) is 3.62. The zero-order chi connectivity index (χ0) is 17.2. The molecule has 2 aliphatic rings. The van der Waals surface area contributed by atoms with E-state index in [9.17, 15) is 9.59 Å². The lowest BCUT2D eigenvalue weighted by Gasteiger charge is -2.30. The fraction of sp³-hybridized carbons (Fsp3) is 0.333. The number of rotatable bonds is 3. The highest BCUT2D eigenvalue weighted by atomic mass is 16.2. The molecule has 4 rings (SSSR count). The summed E-state index contributed by atoms with van der Waals surface area (Å²) in [6.07, 6.45) is 4.00. The van der Waals surface area contributed by atoms with Crippen molar-refractivity contribution in [1.82, 2.24) is 4.90 Å². The van der Waals surface area contributed by atoms with E-state index in [0.29, 0.717) is 6.54 Å². The van der Waals surface area contributed by atoms with E-state index in [0.717, 1.165) is 49.0 Å². The highest BCUT2D eigenvalue weighted by Gasteiger charge is 2.26. The van der Waals surface area contributed by atoms with Crippen molar-refractivity contribution in [3.05, 3.63) is 65.2 Å². The Kier molecular flexibility index (Phi) is 4.26. The number of nitrogens with zero attached hydrogens (tertiary/aromatic N) is 1. The molecular formula is C21H22N2O2. The molecule has 0 aromatic heterocycles. The van der Waals surface area contributed by atoms with Crippen molar-refractivity contribution >= 4 is 17.5 Å². The van der Waals surface area contributed by atoms with E-state index >= 15 is 0 Å². The maximum Gasteiger partial charge on any atom is 0.254 e. The average Bonchev–Trinajstić information content (AvgIpc) is 2.59. The van der Waals surface area contributed by atoms with Crippen LogP contribution in [0.4, 0.5) is 5.69 Å². The smallest absolute Gasteiger partial charge is 0.254 e. The van der Waals surface area contributed by atoms with E-state index in [1.54, 1.807) is 0 Å². The molecule has 2 amide bonds. The molecule has 1 aliphatic carbocycles. The quantitative estimate of drug-likeness (QED) is 0.932. The van der Waals surface area contributed by atoms with Gasteiger partial charge in [-0.1, -0.05) is 30.7 Å². The van der Waals surface area contributed by atoms with Gasteiger partial charge in [0.15, 0.2) is 0 Å². The van der Waals surface area contributed by atoms with E-state index in [2.05, 4.69) is 11.4 Å². The summed E-state index contributed by atoms with van der Waals surface area (Å²) < 4.78 is 0. The lowest BCUT2D eigenvalue weighted by Crippen LogP contribution is -2.36. The second-order valence-electron chi connectivity index (χ2n) is 6.94. The fourth-order valence-corrected chi connectivity index (χ4v) is 3.49. The molecule has 128 valence electrons. The Morgan fingerprint density at radius 1 is 1.00 bits per heavy atom. The summed E-state index contributed by atoms with van der Waals surface area (Å²) in [6, 6.07) is 15.5. The number of carbonyl (C=O) groups excluding carboxylic acids is 2. The number of hydrogen-bond acceptors (Lipinski definition) is 2. The number of nitrogens with one attached hydrogen (secondary N) is 1. The minimum atomic E-state index is 0.0650. The predicted molar refractivity (Wildman–Crippen MR) is 97.3 cm³/mol. The van der Waals surface area contributed by atoms with Gasteiger partial charge in [0, 0.05) is 30.3 Å². The number of hydrogen-bond donors (Lipinski definition) is 1. The monoisotopic (exact) mass is 334 g/mol. The Labute approximate surface area is 147 Å². The largest absolute Gasteiger partial charge is 0.334 e. The van der Waals surface area contributed by atoms with Gasteiger partial charge in [-0.3, -0.25) is 9.59 Å². The lowest BCUT2D eigenvalue weighted by atomic mass is 9.85. The van der Waals surface area contributed by atoms with Crippen LogP contribution in [0.15, 0.2) is 48.5 Å². The highest BCUT2D eigenvalue weighted by molar-refractivity contribution is 5.95. The van der Waals surface area contributed by atoms with Crippen LogP contribution in [0.2, 0.25) is 0 Å². The van der Waals surface area contributed by atoms with Gasteiger partial charge in [0.2, 0.25) is 5.91 Å². The molecule has 0 atom stereocenters. The zero-order valence-electron chi connectivity index (χ0n) is 14.2. The van der Waals surface area contributed by atoms with E-state index in [1.165, 1.54) is 5.56 Å². The third-order valence-electron chi connectivity index (χ3n) is 5.27. The van der Waals surface area contributed by atoms with Crippen molar-refractivity contribution in [2.45, 2.75) is 32.2 Å². The molecule has 0 spiro atoms. The first kappa shape index (κ1) is 15.9. The first-order valence-corrected chi connectivity index (χ1v) is 8.98. The van der Waals surface area contributed by atoms with Crippen LogP contribution in [-0.2, 0) is 17.8 Å². The first-order chi connectivity index (χ1) is 12.2. The van der Waals surface area contributed by atoms with Crippen LogP contribution in [0.25, 0.3) is 0 Å². The summed E-state index contributed by atoms with van der Waals surface area (Å²) in [6.45, 7) is 1.32. The summed E-state index contributed by atoms with van der Waals surface area (Å²) in [5.41, 5.74) is 3.95. The Morgan fingerprint density at radius 3 is 2.52 bits per heavy atom.